The summed E-state index contributed by atoms with van der Waals surface area (Å²) in [4.78, 5) is 0. The van der Waals surface area contributed by atoms with Gasteiger partial charge < -0.3 is 70.8 Å². The highest BCUT2D eigenvalue weighted by Gasteiger charge is 2.56. The number of ether oxygens (including phenoxy) is 2. The van der Waals surface area contributed by atoms with Crippen LogP contribution in [-0.4, -0.2) is 92.3 Å². The summed E-state index contributed by atoms with van der Waals surface area (Å²) >= 11 is 0. The first kappa shape index (κ1) is 39.5. The van der Waals surface area contributed by atoms with Crippen LogP contribution in [0.1, 0.15) is 97.4 Å². The Bertz CT molecular complexity index is 2690. The van der Waals surface area contributed by atoms with Gasteiger partial charge in [0.05, 0.1) is 18.1 Å². The summed E-state index contributed by atoms with van der Waals surface area (Å²) in [6.45, 7) is -0.738. The van der Waals surface area contributed by atoms with E-state index in [-0.39, 0.29) is 45.6 Å². The van der Waals surface area contributed by atoms with Crippen molar-refractivity contribution in [1.82, 2.24) is 0 Å². The molecule has 2 heterocycles. The van der Waals surface area contributed by atoms with Crippen molar-refractivity contribution in [3.05, 3.63) is 159 Å². The zero-order valence-electron chi connectivity index (χ0n) is 32.6. The highest BCUT2D eigenvalue weighted by atomic mass is 16.5. The zero-order valence-corrected chi connectivity index (χ0v) is 32.6. The molecule has 0 saturated carbocycles. The Hall–Kier alpha value is -6.68. The lowest BCUT2D eigenvalue weighted by molar-refractivity contribution is -0.232. The van der Waals surface area contributed by atoms with Crippen molar-refractivity contribution in [2.45, 2.75) is 66.2 Å². The molecule has 4 aliphatic rings. The molecule has 0 amide bonds. The molecule has 1 saturated heterocycles. The maximum absolute atomic E-state index is 12.4. The highest BCUT2D eigenvalue weighted by Crippen LogP contribution is 2.71. The lowest BCUT2D eigenvalue weighted by atomic mass is 9.69. The Labute approximate surface area is 353 Å². The molecular weight excluding hydrogens is 801 g/mol. The van der Waals surface area contributed by atoms with Crippen LogP contribution >= 0.6 is 0 Å². The molecule has 2 aliphatic carbocycles. The summed E-state index contributed by atoms with van der Waals surface area (Å²) in [5, 5.41) is 132. The minimum absolute atomic E-state index is 0.0110. The third kappa shape index (κ3) is 5.90. The maximum Gasteiger partial charge on any atom is 0.135 e. The minimum Gasteiger partial charge on any atom is -0.508 e. The number of aliphatic hydroxyl groups is 4. The Morgan fingerprint density at radius 3 is 1.53 bits per heavy atom. The van der Waals surface area contributed by atoms with Crippen LogP contribution in [0.5, 0.6) is 51.7 Å². The predicted molar refractivity (Wildman–Crippen MR) is 219 cm³/mol. The molecular formula is C48H42O14. The van der Waals surface area contributed by atoms with Crippen LogP contribution in [0.2, 0.25) is 0 Å². The normalized spacial score (nSPS) is 28.2. The van der Waals surface area contributed by atoms with Crippen molar-refractivity contribution >= 4 is 0 Å². The van der Waals surface area contributed by atoms with Gasteiger partial charge in [-0.1, -0.05) is 36.4 Å². The smallest absolute Gasteiger partial charge is 0.135 e. The SMILES string of the molecule is OC[C@H]1O[C@@H](c2c(O)cc([C@@H]3c4c(O)cc5c6c4[C@H]([C@@H](c4ccc(O)cc4)c4c(O)cc(O)cc4[C@@H]6[C@@H](c4ccc(O)cc4)O5)[C@H]3c3ccc(O)cc3)cc2O)[C@H](O)[C@@H](O)[C@@H]1O. The van der Waals surface area contributed by atoms with E-state index in [1.54, 1.807) is 42.5 Å². The van der Waals surface area contributed by atoms with Crippen LogP contribution in [0.4, 0.5) is 0 Å². The van der Waals surface area contributed by atoms with Crippen LogP contribution in [0.25, 0.3) is 0 Å². The molecule has 11 atom stereocenters. The van der Waals surface area contributed by atoms with Crippen LogP contribution in [-0.2, 0) is 4.74 Å². The number of phenols is 8. The average molecular weight is 843 g/mol. The van der Waals surface area contributed by atoms with Crippen LogP contribution in [0, 0.1) is 0 Å². The largest absolute Gasteiger partial charge is 0.508 e. The molecule has 62 heavy (non-hydrogen) atoms. The molecule has 2 aliphatic heterocycles. The summed E-state index contributed by atoms with van der Waals surface area (Å²) in [7, 11) is 0. The number of aliphatic hydroxyl groups excluding tert-OH is 4. The molecule has 0 unspecified atom stereocenters. The summed E-state index contributed by atoms with van der Waals surface area (Å²) < 4.78 is 12.5. The molecule has 1 fully saturated rings. The molecule has 0 radical (unpaired) electrons. The van der Waals surface area contributed by atoms with Gasteiger partial charge in [-0.25, -0.2) is 0 Å². The zero-order chi connectivity index (χ0) is 43.5. The van der Waals surface area contributed by atoms with E-state index in [0.29, 0.717) is 50.3 Å². The second kappa shape index (κ2) is 14.5. The lowest BCUT2D eigenvalue weighted by Crippen LogP contribution is -2.55. The van der Waals surface area contributed by atoms with Crippen molar-refractivity contribution in [2.75, 3.05) is 6.61 Å². The van der Waals surface area contributed by atoms with E-state index < -0.39 is 84.3 Å². The molecule has 0 aromatic heterocycles. The maximum atomic E-state index is 12.4. The fraction of sp³-hybridized carbons (Fsp3) is 0.250. The predicted octanol–water partition coefficient (Wildman–Crippen LogP) is 5.27. The monoisotopic (exact) mass is 842 g/mol. The van der Waals surface area contributed by atoms with Crippen molar-refractivity contribution in [2.24, 2.45) is 0 Å². The van der Waals surface area contributed by atoms with E-state index in [1.807, 2.05) is 0 Å². The van der Waals surface area contributed by atoms with Gasteiger partial charge in [-0.2, -0.15) is 0 Å². The van der Waals surface area contributed by atoms with Gasteiger partial charge in [-0.15, -0.1) is 0 Å². The van der Waals surface area contributed by atoms with E-state index in [0.717, 1.165) is 0 Å². The van der Waals surface area contributed by atoms with Gasteiger partial charge in [0.25, 0.3) is 0 Å². The quantitative estimate of drug-likeness (QED) is 0.102. The molecule has 6 aromatic carbocycles. The number of hydrogen-bond donors (Lipinski definition) is 12. The first-order chi connectivity index (χ1) is 29.7. The number of phenolic OH excluding ortho intramolecular Hbond substituents is 8. The van der Waals surface area contributed by atoms with Crippen LogP contribution < -0.4 is 4.74 Å². The molecule has 14 heteroatoms. The van der Waals surface area contributed by atoms with Crippen LogP contribution in [0.15, 0.2) is 103 Å². The molecule has 318 valence electrons. The first-order valence-electron chi connectivity index (χ1n) is 20.1. The van der Waals surface area contributed by atoms with Gasteiger partial charge in [0.15, 0.2) is 0 Å². The second-order valence-electron chi connectivity index (χ2n) is 16.6. The van der Waals surface area contributed by atoms with Gasteiger partial charge in [-0.05, 0) is 88.0 Å². The number of rotatable bonds is 6. The van der Waals surface area contributed by atoms with Crippen molar-refractivity contribution < 1.29 is 70.8 Å². The number of fused-ring (bicyclic) bond motifs is 2. The number of aromatic hydroxyl groups is 8. The summed E-state index contributed by atoms with van der Waals surface area (Å²) in [6, 6.07) is 26.5. The highest BCUT2D eigenvalue weighted by molar-refractivity contribution is 5.73. The number of hydrogen-bond acceptors (Lipinski definition) is 14. The Kier molecular flexibility index (Phi) is 9.21. The molecule has 6 aromatic rings. The molecule has 14 nitrogen and oxygen atoms in total. The van der Waals surface area contributed by atoms with Gasteiger partial charge in [0.2, 0.25) is 0 Å². The number of benzene rings is 6. The first-order valence-corrected chi connectivity index (χ1v) is 20.1. The topological polar surface area (TPSA) is 261 Å². The van der Waals surface area contributed by atoms with E-state index in [1.165, 1.54) is 60.7 Å². The van der Waals surface area contributed by atoms with Gasteiger partial charge in [-0.3, -0.25) is 0 Å². The Morgan fingerprint density at radius 2 is 0.935 bits per heavy atom. The van der Waals surface area contributed by atoms with Gasteiger partial charge >= 0.3 is 0 Å². The molecule has 0 bridgehead atoms. The molecule has 10 rings (SSSR count). The third-order valence-corrected chi connectivity index (χ3v) is 13.3. The van der Waals surface area contributed by atoms with Gasteiger partial charge in [0, 0.05) is 52.5 Å². The fourth-order valence-electron chi connectivity index (χ4n) is 10.7. The molecule has 0 spiro atoms. The van der Waals surface area contributed by atoms with E-state index >= 15 is 0 Å². The summed E-state index contributed by atoms with van der Waals surface area (Å²) in [5.41, 5.74) is 4.54. The van der Waals surface area contributed by atoms with Crippen molar-refractivity contribution in [3.8, 4) is 51.7 Å². The van der Waals surface area contributed by atoms with Gasteiger partial charge in [0.1, 0.15) is 88.4 Å². The minimum atomic E-state index is -1.82. The summed E-state index contributed by atoms with van der Waals surface area (Å²) in [5.74, 6) is -5.31. The lowest BCUT2D eigenvalue weighted by Gasteiger charge is -2.40. The third-order valence-electron chi connectivity index (χ3n) is 13.3. The second-order valence-corrected chi connectivity index (χ2v) is 16.6. The standard InChI is InChI=1S/C48H42O14/c49-18-33-44(58)45(59)46(60)48(62-33)39-28(54)13-22(14-29(39)55)36-34(19-1-7-23(50)8-2-19)42-35(20-3-9-24(51)10-4-20)37-27(15-26(53)16-30(37)56)38-41-32(17-31(57)40(36)43(41)42)61-47(38)21-5-11-25(52)12-6-21/h1-17,33-36,38,42,44-60H,18H2/t33-,34+,35+,36+,38+,42+,44-,45+,46-,47-,48+/m1/s1. The molecule has 12 N–H and O–H groups in total. The van der Waals surface area contributed by atoms with Crippen molar-refractivity contribution in [1.29, 1.82) is 0 Å². The van der Waals surface area contributed by atoms with E-state index in [9.17, 15) is 61.3 Å². The van der Waals surface area contributed by atoms with E-state index in [4.69, 9.17) is 9.47 Å². The Morgan fingerprint density at radius 1 is 0.403 bits per heavy atom. The fourth-order valence-corrected chi connectivity index (χ4v) is 10.7. The Balaban J connectivity index is 1.27. The van der Waals surface area contributed by atoms with E-state index in [2.05, 4.69) is 0 Å². The van der Waals surface area contributed by atoms with Crippen LogP contribution in [0.3, 0.4) is 0 Å². The average Bonchev–Trinajstić information content (AvgIpc) is 3.75. The van der Waals surface area contributed by atoms with Crippen molar-refractivity contribution in [3.63, 3.8) is 0 Å². The summed E-state index contributed by atoms with van der Waals surface area (Å²) in [6.07, 6.45) is -9.02.